The molecule has 1 atom stereocenters. The van der Waals surface area contributed by atoms with Gasteiger partial charge in [-0.3, -0.25) is 0 Å². The number of thiazole rings is 1. The molecule has 3 nitrogen and oxygen atoms in total. The summed E-state index contributed by atoms with van der Waals surface area (Å²) < 4.78 is 0. The highest BCUT2D eigenvalue weighted by molar-refractivity contribution is 7.09. The minimum absolute atomic E-state index is 0.512. The Hall–Kier alpha value is -0.450. The molecule has 4 heteroatoms. The maximum absolute atomic E-state index is 5.39. The summed E-state index contributed by atoms with van der Waals surface area (Å²) in [6, 6.07) is 0. The lowest BCUT2D eigenvalue weighted by Crippen LogP contribution is -2.22. The van der Waals surface area contributed by atoms with E-state index >= 15 is 0 Å². The van der Waals surface area contributed by atoms with Crippen molar-refractivity contribution in [1.29, 1.82) is 0 Å². The van der Waals surface area contributed by atoms with Crippen LogP contribution in [0.2, 0.25) is 0 Å². The Morgan fingerprint density at radius 3 is 3.15 bits per heavy atom. The lowest BCUT2D eigenvalue weighted by Gasteiger charge is -2.08. The number of rotatable bonds is 6. The largest absolute Gasteiger partial charge is 0.330 e. The molecule has 0 saturated carbocycles. The zero-order chi connectivity index (χ0) is 9.52. The van der Waals surface area contributed by atoms with E-state index in [1.165, 1.54) is 5.01 Å². The van der Waals surface area contributed by atoms with E-state index in [0.717, 1.165) is 26.1 Å². The summed E-state index contributed by atoms with van der Waals surface area (Å²) in [5.74, 6) is 0.512. The fourth-order valence-electron chi connectivity index (χ4n) is 1.11. The topological polar surface area (TPSA) is 50.9 Å². The second-order valence-corrected chi connectivity index (χ2v) is 4.04. The Kier molecular flexibility index (Phi) is 4.97. The minimum atomic E-state index is 0.512. The molecule has 1 unspecified atom stereocenters. The molecule has 0 bridgehead atoms. The van der Waals surface area contributed by atoms with E-state index in [1.54, 1.807) is 11.3 Å². The molecule has 0 amide bonds. The van der Waals surface area contributed by atoms with Gasteiger partial charge in [0, 0.05) is 24.0 Å². The third kappa shape index (κ3) is 3.85. The van der Waals surface area contributed by atoms with Gasteiger partial charge in [-0.1, -0.05) is 6.92 Å². The number of hydrogen-bond donors (Lipinski definition) is 2. The Balaban J connectivity index is 2.15. The van der Waals surface area contributed by atoms with Gasteiger partial charge in [0.05, 0.1) is 5.01 Å². The monoisotopic (exact) mass is 199 g/mol. The fourth-order valence-corrected chi connectivity index (χ4v) is 1.81. The average Bonchev–Trinajstić information content (AvgIpc) is 2.65. The molecule has 0 aromatic carbocycles. The third-order valence-electron chi connectivity index (χ3n) is 1.88. The van der Waals surface area contributed by atoms with Crippen LogP contribution >= 0.6 is 11.3 Å². The molecule has 1 aromatic heterocycles. The molecule has 74 valence electrons. The fraction of sp³-hybridized carbons (Fsp3) is 0.667. The van der Waals surface area contributed by atoms with Crippen LogP contribution < -0.4 is 11.1 Å². The molecule has 0 radical (unpaired) electrons. The zero-order valence-corrected chi connectivity index (χ0v) is 8.81. The number of nitrogens with two attached hydrogens (primary N) is 1. The second kappa shape index (κ2) is 6.07. The lowest BCUT2D eigenvalue weighted by molar-refractivity contribution is 0.597. The number of nitrogens with one attached hydrogen (secondary N) is 1. The van der Waals surface area contributed by atoms with Gasteiger partial charge in [0.2, 0.25) is 0 Å². The Labute approximate surface area is 83.4 Å². The van der Waals surface area contributed by atoms with Crippen molar-refractivity contribution in [3.05, 3.63) is 16.6 Å². The van der Waals surface area contributed by atoms with Crippen molar-refractivity contribution in [1.82, 2.24) is 10.3 Å². The molecule has 0 aliphatic carbocycles. The maximum atomic E-state index is 5.39. The Morgan fingerprint density at radius 2 is 2.54 bits per heavy atom. The quantitative estimate of drug-likeness (QED) is 0.677. The van der Waals surface area contributed by atoms with Crippen LogP contribution in [0.3, 0.4) is 0 Å². The van der Waals surface area contributed by atoms with Gasteiger partial charge in [-0.05, 0) is 19.5 Å². The molecule has 0 aliphatic rings. The first-order valence-corrected chi connectivity index (χ1v) is 5.52. The molecule has 0 aliphatic heterocycles. The van der Waals surface area contributed by atoms with Gasteiger partial charge in [-0.25, -0.2) is 4.98 Å². The van der Waals surface area contributed by atoms with Gasteiger partial charge >= 0.3 is 0 Å². The van der Waals surface area contributed by atoms with Crippen molar-refractivity contribution in [3.8, 4) is 0 Å². The van der Waals surface area contributed by atoms with Crippen LogP contribution in [-0.4, -0.2) is 24.6 Å². The van der Waals surface area contributed by atoms with E-state index in [1.807, 2.05) is 11.6 Å². The maximum Gasteiger partial charge on any atom is 0.0965 e. The van der Waals surface area contributed by atoms with Crippen molar-refractivity contribution < 1.29 is 0 Å². The third-order valence-corrected chi connectivity index (χ3v) is 2.89. The predicted octanol–water partition coefficient (Wildman–Crippen LogP) is 1.18. The first-order chi connectivity index (χ1) is 6.34. The summed E-state index contributed by atoms with van der Waals surface area (Å²) in [5, 5.41) is 6.59. The van der Waals surface area contributed by atoms with Crippen molar-refractivity contribution in [2.24, 2.45) is 5.73 Å². The number of hydrogen-bond acceptors (Lipinski definition) is 4. The predicted molar refractivity (Wildman–Crippen MR) is 57.1 cm³/mol. The molecule has 1 rings (SSSR count). The summed E-state index contributed by atoms with van der Waals surface area (Å²) >= 11 is 1.72. The van der Waals surface area contributed by atoms with Crippen LogP contribution in [0, 0.1) is 0 Å². The summed E-state index contributed by atoms with van der Waals surface area (Å²) in [6.07, 6.45) is 2.90. The van der Waals surface area contributed by atoms with Crippen LogP contribution in [0.4, 0.5) is 0 Å². The molecular weight excluding hydrogens is 182 g/mol. The second-order valence-electron chi connectivity index (χ2n) is 3.12. The summed E-state index contributed by atoms with van der Waals surface area (Å²) in [5.41, 5.74) is 5.39. The van der Waals surface area contributed by atoms with E-state index in [-0.39, 0.29) is 0 Å². The molecule has 3 N–H and O–H groups in total. The SMILES string of the molecule is CC(CNCCCN)c1nccs1. The van der Waals surface area contributed by atoms with Crippen LogP contribution in [0.5, 0.6) is 0 Å². The standard InChI is InChI=1S/C9H17N3S/c1-8(7-11-4-2-3-10)9-12-5-6-13-9/h5-6,8,11H,2-4,7,10H2,1H3. The minimum Gasteiger partial charge on any atom is -0.330 e. The molecule has 1 aromatic rings. The van der Waals surface area contributed by atoms with Crippen LogP contribution in [0.15, 0.2) is 11.6 Å². The van der Waals surface area contributed by atoms with Crippen LogP contribution in [0.1, 0.15) is 24.3 Å². The van der Waals surface area contributed by atoms with E-state index in [4.69, 9.17) is 5.73 Å². The zero-order valence-electron chi connectivity index (χ0n) is 7.99. The molecule has 0 spiro atoms. The Morgan fingerprint density at radius 1 is 1.69 bits per heavy atom. The first kappa shape index (κ1) is 10.6. The van der Waals surface area contributed by atoms with Gasteiger partial charge in [-0.2, -0.15) is 0 Å². The van der Waals surface area contributed by atoms with E-state index in [2.05, 4.69) is 17.2 Å². The highest BCUT2D eigenvalue weighted by atomic mass is 32.1. The van der Waals surface area contributed by atoms with Crippen LogP contribution in [-0.2, 0) is 0 Å². The number of nitrogens with zero attached hydrogens (tertiary/aromatic N) is 1. The van der Waals surface area contributed by atoms with E-state index in [0.29, 0.717) is 5.92 Å². The van der Waals surface area contributed by atoms with Crippen molar-refractivity contribution in [2.45, 2.75) is 19.3 Å². The molecular formula is C9H17N3S. The average molecular weight is 199 g/mol. The van der Waals surface area contributed by atoms with Crippen LogP contribution in [0.25, 0.3) is 0 Å². The van der Waals surface area contributed by atoms with Gasteiger partial charge in [0.15, 0.2) is 0 Å². The van der Waals surface area contributed by atoms with Gasteiger partial charge < -0.3 is 11.1 Å². The first-order valence-electron chi connectivity index (χ1n) is 4.64. The van der Waals surface area contributed by atoms with Crippen molar-refractivity contribution in [2.75, 3.05) is 19.6 Å². The highest BCUT2D eigenvalue weighted by Crippen LogP contribution is 2.15. The van der Waals surface area contributed by atoms with E-state index < -0.39 is 0 Å². The van der Waals surface area contributed by atoms with Crippen molar-refractivity contribution in [3.63, 3.8) is 0 Å². The van der Waals surface area contributed by atoms with Gasteiger partial charge in [-0.15, -0.1) is 11.3 Å². The number of aromatic nitrogens is 1. The highest BCUT2D eigenvalue weighted by Gasteiger charge is 2.06. The molecule has 13 heavy (non-hydrogen) atoms. The molecule has 0 fully saturated rings. The van der Waals surface area contributed by atoms with E-state index in [9.17, 15) is 0 Å². The summed E-state index contributed by atoms with van der Waals surface area (Å²) in [4.78, 5) is 4.27. The smallest absolute Gasteiger partial charge is 0.0965 e. The molecule has 1 heterocycles. The van der Waals surface area contributed by atoms with Crippen molar-refractivity contribution >= 4 is 11.3 Å². The van der Waals surface area contributed by atoms with Gasteiger partial charge in [0.1, 0.15) is 0 Å². The van der Waals surface area contributed by atoms with Gasteiger partial charge in [0.25, 0.3) is 0 Å². The lowest BCUT2D eigenvalue weighted by atomic mass is 10.2. The summed E-state index contributed by atoms with van der Waals surface area (Å²) in [7, 11) is 0. The normalized spacial score (nSPS) is 13.1. The Bertz CT molecular complexity index is 211. The molecule has 0 saturated heterocycles. The summed E-state index contributed by atoms with van der Waals surface area (Å²) in [6.45, 7) is 4.95.